The number of anilines is 1. The van der Waals surface area contributed by atoms with Crippen molar-refractivity contribution in [1.29, 1.82) is 0 Å². The third kappa shape index (κ3) is 5.09. The Hall–Kier alpha value is -1.99. The summed E-state index contributed by atoms with van der Waals surface area (Å²) in [5, 5.41) is 2.29. The van der Waals surface area contributed by atoms with Gasteiger partial charge in [0.15, 0.2) is 5.11 Å². The molecule has 0 bridgehead atoms. The van der Waals surface area contributed by atoms with Crippen LogP contribution < -0.4 is 16.8 Å². The minimum absolute atomic E-state index is 0.0455. The number of carbonyl (C=O) groups is 1. The van der Waals surface area contributed by atoms with Crippen molar-refractivity contribution in [2.75, 3.05) is 18.8 Å². The Labute approximate surface area is 135 Å². The van der Waals surface area contributed by atoms with Crippen LogP contribution in [0.25, 0.3) is 6.08 Å². The lowest BCUT2D eigenvalue weighted by Gasteiger charge is -2.26. The number of amides is 1. The van der Waals surface area contributed by atoms with Gasteiger partial charge in [-0.1, -0.05) is 6.42 Å². The molecule has 1 amide bonds. The van der Waals surface area contributed by atoms with Crippen molar-refractivity contribution in [3.8, 4) is 0 Å². The van der Waals surface area contributed by atoms with Crippen LogP contribution in [0, 0.1) is 0 Å². The second-order valence-electron chi connectivity index (χ2n) is 5.34. The molecule has 0 aromatic carbocycles. The molecule has 1 aromatic heterocycles. The lowest BCUT2D eigenvalue weighted by Crippen LogP contribution is -2.33. The van der Waals surface area contributed by atoms with E-state index in [1.54, 1.807) is 12.3 Å². The quantitative estimate of drug-likeness (QED) is 0.566. The van der Waals surface area contributed by atoms with Crippen molar-refractivity contribution >= 4 is 35.1 Å². The first-order chi connectivity index (χ1) is 10.5. The van der Waals surface area contributed by atoms with Crippen LogP contribution in [-0.2, 0) is 11.3 Å². The van der Waals surface area contributed by atoms with E-state index in [0.29, 0.717) is 5.82 Å². The normalized spacial score (nSPS) is 15.8. The van der Waals surface area contributed by atoms with Crippen molar-refractivity contribution in [3.05, 3.63) is 29.5 Å². The van der Waals surface area contributed by atoms with E-state index in [2.05, 4.69) is 27.4 Å². The molecule has 0 saturated carbocycles. The molecule has 22 heavy (non-hydrogen) atoms. The summed E-state index contributed by atoms with van der Waals surface area (Å²) in [6, 6.07) is 1.96. The predicted molar refractivity (Wildman–Crippen MR) is 91.7 cm³/mol. The number of piperidine rings is 1. The number of pyridine rings is 1. The van der Waals surface area contributed by atoms with Crippen LogP contribution in [-0.4, -0.2) is 34.0 Å². The van der Waals surface area contributed by atoms with Crippen LogP contribution >= 0.6 is 12.2 Å². The summed E-state index contributed by atoms with van der Waals surface area (Å²) < 4.78 is 0. The molecule has 0 unspecified atom stereocenters. The maximum atomic E-state index is 11.5. The number of nitrogen functional groups attached to an aromatic ring is 1. The van der Waals surface area contributed by atoms with E-state index in [1.165, 1.54) is 25.3 Å². The molecule has 7 heteroatoms. The predicted octanol–water partition coefficient (Wildman–Crippen LogP) is 1.02. The first kappa shape index (κ1) is 16.4. The minimum atomic E-state index is -0.359. The van der Waals surface area contributed by atoms with Crippen molar-refractivity contribution in [1.82, 2.24) is 15.2 Å². The maximum Gasteiger partial charge on any atom is 0.250 e. The molecule has 1 aliphatic rings. The van der Waals surface area contributed by atoms with Gasteiger partial charge in [0.25, 0.3) is 0 Å². The number of carbonyl (C=O) groups excluding carboxylic acids is 1. The summed E-state index contributed by atoms with van der Waals surface area (Å²) in [6.45, 7) is 2.98. The molecule has 1 aromatic rings. The molecule has 1 saturated heterocycles. The van der Waals surface area contributed by atoms with E-state index in [9.17, 15) is 4.79 Å². The van der Waals surface area contributed by atoms with Gasteiger partial charge < -0.3 is 11.5 Å². The Balaban J connectivity index is 2.04. The number of rotatable bonds is 4. The fraction of sp³-hybridized carbons (Fsp3) is 0.400. The fourth-order valence-corrected chi connectivity index (χ4v) is 2.55. The van der Waals surface area contributed by atoms with Gasteiger partial charge in [0.1, 0.15) is 5.82 Å². The molecule has 0 atom stereocenters. The van der Waals surface area contributed by atoms with Crippen molar-refractivity contribution in [2.24, 2.45) is 5.73 Å². The number of hydrogen-bond donors (Lipinski definition) is 3. The fourth-order valence-electron chi connectivity index (χ4n) is 2.45. The molecule has 1 aliphatic heterocycles. The molecule has 6 nitrogen and oxygen atoms in total. The zero-order valence-corrected chi connectivity index (χ0v) is 13.2. The van der Waals surface area contributed by atoms with Crippen molar-refractivity contribution in [2.45, 2.75) is 25.8 Å². The molecule has 5 N–H and O–H groups in total. The number of aromatic nitrogens is 1. The summed E-state index contributed by atoms with van der Waals surface area (Å²) in [4.78, 5) is 18.1. The van der Waals surface area contributed by atoms with Gasteiger partial charge in [-0.15, -0.1) is 0 Å². The summed E-state index contributed by atoms with van der Waals surface area (Å²) in [6.07, 6.45) is 8.43. The summed E-state index contributed by atoms with van der Waals surface area (Å²) in [5.41, 5.74) is 13.0. The Kier molecular flexibility index (Phi) is 5.85. The summed E-state index contributed by atoms with van der Waals surface area (Å²) in [5.74, 6) is 0.178. The highest BCUT2D eigenvalue weighted by molar-refractivity contribution is 7.80. The molecule has 0 radical (unpaired) electrons. The largest absolute Gasteiger partial charge is 0.383 e. The van der Waals surface area contributed by atoms with Gasteiger partial charge in [0.05, 0.1) is 0 Å². The molecule has 2 rings (SSSR count). The highest BCUT2D eigenvalue weighted by Gasteiger charge is 2.12. The molecule has 2 heterocycles. The van der Waals surface area contributed by atoms with Crippen molar-refractivity contribution < 1.29 is 4.79 Å². The van der Waals surface area contributed by atoms with E-state index in [-0.39, 0.29) is 11.0 Å². The maximum absolute atomic E-state index is 11.5. The molecule has 118 valence electrons. The zero-order chi connectivity index (χ0) is 15.9. The lowest BCUT2D eigenvalue weighted by molar-refractivity contribution is -0.115. The van der Waals surface area contributed by atoms with Crippen LogP contribution in [0.4, 0.5) is 5.82 Å². The monoisotopic (exact) mass is 319 g/mol. The van der Waals surface area contributed by atoms with Gasteiger partial charge in [-0.3, -0.25) is 15.0 Å². The number of nitrogens with one attached hydrogen (secondary N) is 1. The van der Waals surface area contributed by atoms with E-state index in [0.717, 1.165) is 30.8 Å². The minimum Gasteiger partial charge on any atom is -0.383 e. The van der Waals surface area contributed by atoms with Crippen molar-refractivity contribution in [3.63, 3.8) is 0 Å². The standard InChI is InChI=1S/C15H21N5OS/c16-14-12(10-20-6-2-1-3-7-20)8-11(9-18-14)4-5-13(21)19-15(17)22/h4-5,8-9H,1-3,6-7,10H2,(H2,16,18)(H3,17,19,21,22)/b5-4+. The third-order valence-electron chi connectivity index (χ3n) is 3.54. The van der Waals surface area contributed by atoms with Gasteiger partial charge in [-0.2, -0.15) is 0 Å². The number of hydrogen-bond acceptors (Lipinski definition) is 5. The molecular weight excluding hydrogens is 298 g/mol. The molecular formula is C15H21N5OS. The lowest BCUT2D eigenvalue weighted by atomic mass is 10.1. The van der Waals surface area contributed by atoms with E-state index >= 15 is 0 Å². The van der Waals surface area contributed by atoms with Crippen LogP contribution in [0.15, 0.2) is 18.3 Å². The van der Waals surface area contributed by atoms with Gasteiger partial charge in [0, 0.05) is 24.4 Å². The Morgan fingerprint density at radius 3 is 2.82 bits per heavy atom. The zero-order valence-electron chi connectivity index (χ0n) is 12.4. The van der Waals surface area contributed by atoms with Gasteiger partial charge >= 0.3 is 0 Å². The number of likely N-dealkylation sites (tertiary alicyclic amines) is 1. The first-order valence-corrected chi connectivity index (χ1v) is 7.70. The Morgan fingerprint density at radius 1 is 1.41 bits per heavy atom. The summed E-state index contributed by atoms with van der Waals surface area (Å²) in [7, 11) is 0. The highest BCUT2D eigenvalue weighted by atomic mass is 32.1. The van der Waals surface area contributed by atoms with Crippen LogP contribution in [0.2, 0.25) is 0 Å². The number of nitrogens with zero attached hydrogens (tertiary/aromatic N) is 2. The molecule has 0 spiro atoms. The third-order valence-corrected chi connectivity index (χ3v) is 3.64. The average Bonchev–Trinajstić information content (AvgIpc) is 2.48. The van der Waals surface area contributed by atoms with E-state index < -0.39 is 0 Å². The Morgan fingerprint density at radius 2 is 2.14 bits per heavy atom. The van der Waals surface area contributed by atoms with E-state index in [1.807, 2.05) is 6.07 Å². The van der Waals surface area contributed by atoms with E-state index in [4.69, 9.17) is 11.5 Å². The smallest absolute Gasteiger partial charge is 0.250 e. The average molecular weight is 319 g/mol. The molecule has 1 fully saturated rings. The van der Waals surface area contributed by atoms with Gasteiger partial charge in [-0.25, -0.2) is 4.98 Å². The molecule has 0 aliphatic carbocycles. The number of thiocarbonyl (C=S) groups is 1. The second kappa shape index (κ2) is 7.86. The SMILES string of the molecule is NC(=S)NC(=O)/C=C/c1cnc(N)c(CN2CCCCC2)c1. The number of nitrogens with two attached hydrogens (primary N) is 2. The van der Waals surface area contributed by atoms with Gasteiger partial charge in [-0.05, 0) is 55.9 Å². The van der Waals surface area contributed by atoms with Crippen LogP contribution in [0.3, 0.4) is 0 Å². The second-order valence-corrected chi connectivity index (χ2v) is 5.78. The topological polar surface area (TPSA) is 97.3 Å². The van der Waals surface area contributed by atoms with Crippen LogP contribution in [0.5, 0.6) is 0 Å². The van der Waals surface area contributed by atoms with Crippen LogP contribution in [0.1, 0.15) is 30.4 Å². The van der Waals surface area contributed by atoms with Gasteiger partial charge in [0.2, 0.25) is 5.91 Å². The summed E-state index contributed by atoms with van der Waals surface area (Å²) >= 11 is 4.61. The first-order valence-electron chi connectivity index (χ1n) is 7.30. The Bertz CT molecular complexity index is 581. The highest BCUT2D eigenvalue weighted by Crippen LogP contribution is 2.17.